The van der Waals surface area contributed by atoms with Gasteiger partial charge in [-0.2, -0.15) is 11.8 Å². The molecule has 0 spiro atoms. The maximum absolute atomic E-state index is 10.8. The highest BCUT2D eigenvalue weighted by molar-refractivity contribution is 7.98. The predicted octanol–water partition coefficient (Wildman–Crippen LogP) is 0.406. The van der Waals surface area contributed by atoms with Crippen LogP contribution < -0.4 is 5.73 Å². The van der Waals surface area contributed by atoms with Gasteiger partial charge in [-0.3, -0.25) is 9.78 Å². The third kappa shape index (κ3) is 3.35. The molecule has 0 aromatic carbocycles. The van der Waals surface area contributed by atoms with Crippen LogP contribution in [-0.2, 0) is 5.75 Å². The van der Waals surface area contributed by atoms with Crippen molar-refractivity contribution >= 4 is 17.7 Å². The minimum absolute atomic E-state index is 0.160. The van der Waals surface area contributed by atoms with Crippen molar-refractivity contribution in [2.45, 2.75) is 5.75 Å². The highest BCUT2D eigenvalue weighted by Gasteiger charge is 2.01. The summed E-state index contributed by atoms with van der Waals surface area (Å²) < 4.78 is 0. The Kier molecular flexibility index (Phi) is 4.42. The van der Waals surface area contributed by atoms with Crippen molar-refractivity contribution in [3.05, 3.63) is 29.6 Å². The zero-order valence-electron chi connectivity index (χ0n) is 7.64. The number of rotatable bonds is 5. The van der Waals surface area contributed by atoms with Crippen LogP contribution in [0.15, 0.2) is 18.5 Å². The van der Waals surface area contributed by atoms with Crippen molar-refractivity contribution < 1.29 is 9.90 Å². The van der Waals surface area contributed by atoms with Crippen molar-refractivity contribution in [2.24, 2.45) is 5.73 Å². The van der Waals surface area contributed by atoms with Crippen LogP contribution in [0.25, 0.3) is 0 Å². The van der Waals surface area contributed by atoms with Crippen LogP contribution in [0.1, 0.15) is 15.9 Å². The molecule has 1 aromatic rings. The number of aliphatic hydroxyl groups excluding tert-OH is 1. The molecular formula is C9H12N2O2S. The number of hydrogen-bond donors (Lipinski definition) is 2. The van der Waals surface area contributed by atoms with Gasteiger partial charge in [0, 0.05) is 23.9 Å². The van der Waals surface area contributed by atoms with Crippen LogP contribution >= 0.6 is 11.8 Å². The summed E-state index contributed by atoms with van der Waals surface area (Å²) in [5.74, 6) is 0.946. The quantitative estimate of drug-likeness (QED) is 0.693. The van der Waals surface area contributed by atoms with Crippen molar-refractivity contribution in [2.75, 3.05) is 12.4 Å². The van der Waals surface area contributed by atoms with Gasteiger partial charge in [-0.15, -0.1) is 0 Å². The monoisotopic (exact) mass is 212 g/mol. The number of pyridine rings is 1. The minimum Gasteiger partial charge on any atom is -0.396 e. The van der Waals surface area contributed by atoms with Crippen molar-refractivity contribution in [3.63, 3.8) is 0 Å². The van der Waals surface area contributed by atoms with E-state index in [0.29, 0.717) is 11.3 Å². The van der Waals surface area contributed by atoms with Crippen molar-refractivity contribution in [3.8, 4) is 0 Å². The lowest BCUT2D eigenvalue weighted by atomic mass is 10.2. The molecule has 1 heterocycles. The largest absolute Gasteiger partial charge is 0.396 e. The normalized spacial score (nSPS) is 10.1. The van der Waals surface area contributed by atoms with Gasteiger partial charge in [0.05, 0.1) is 12.2 Å². The van der Waals surface area contributed by atoms with Gasteiger partial charge in [0.25, 0.3) is 0 Å². The van der Waals surface area contributed by atoms with E-state index in [1.54, 1.807) is 24.0 Å². The van der Waals surface area contributed by atoms with E-state index < -0.39 is 5.91 Å². The zero-order chi connectivity index (χ0) is 10.4. The summed E-state index contributed by atoms with van der Waals surface area (Å²) in [5, 5.41) is 8.58. The van der Waals surface area contributed by atoms with Gasteiger partial charge in [0.1, 0.15) is 0 Å². The SMILES string of the molecule is NC(=O)c1cncc(CSCCO)c1. The van der Waals surface area contributed by atoms with E-state index in [-0.39, 0.29) is 6.61 Å². The molecule has 0 unspecified atom stereocenters. The molecule has 1 aromatic heterocycles. The Morgan fingerprint density at radius 3 is 3.00 bits per heavy atom. The minimum atomic E-state index is -0.466. The maximum Gasteiger partial charge on any atom is 0.250 e. The van der Waals surface area contributed by atoms with Crippen LogP contribution in [0.5, 0.6) is 0 Å². The Balaban J connectivity index is 2.59. The maximum atomic E-state index is 10.8. The molecule has 1 rings (SSSR count). The van der Waals surface area contributed by atoms with Crippen LogP contribution in [0.2, 0.25) is 0 Å². The van der Waals surface area contributed by atoms with Crippen LogP contribution in [-0.4, -0.2) is 28.4 Å². The summed E-state index contributed by atoms with van der Waals surface area (Å²) in [7, 11) is 0. The first kappa shape index (κ1) is 11.0. The van der Waals surface area contributed by atoms with Gasteiger partial charge in [-0.25, -0.2) is 0 Å². The van der Waals surface area contributed by atoms with Crippen LogP contribution in [0.4, 0.5) is 0 Å². The lowest BCUT2D eigenvalue weighted by Crippen LogP contribution is -2.11. The van der Waals surface area contributed by atoms with E-state index in [4.69, 9.17) is 10.8 Å². The average molecular weight is 212 g/mol. The first-order valence-electron chi connectivity index (χ1n) is 4.16. The molecule has 14 heavy (non-hydrogen) atoms. The van der Waals surface area contributed by atoms with Gasteiger partial charge in [0.2, 0.25) is 5.91 Å². The molecule has 3 N–H and O–H groups in total. The molecule has 0 radical (unpaired) electrons. The Morgan fingerprint density at radius 2 is 2.36 bits per heavy atom. The molecule has 0 bridgehead atoms. The first-order chi connectivity index (χ1) is 6.74. The summed E-state index contributed by atoms with van der Waals surface area (Å²) in [6, 6.07) is 1.72. The van der Waals surface area contributed by atoms with Crippen molar-refractivity contribution in [1.29, 1.82) is 0 Å². The zero-order valence-corrected chi connectivity index (χ0v) is 8.46. The highest BCUT2D eigenvalue weighted by atomic mass is 32.2. The fourth-order valence-electron chi connectivity index (χ4n) is 0.956. The molecule has 0 aliphatic carbocycles. The van der Waals surface area contributed by atoms with E-state index in [0.717, 1.165) is 11.3 Å². The lowest BCUT2D eigenvalue weighted by Gasteiger charge is -2.01. The van der Waals surface area contributed by atoms with E-state index in [1.165, 1.54) is 6.20 Å². The Hall–Kier alpha value is -1.07. The average Bonchev–Trinajstić information content (AvgIpc) is 2.19. The predicted molar refractivity (Wildman–Crippen MR) is 56.0 cm³/mol. The second-order valence-electron chi connectivity index (χ2n) is 2.72. The standard InChI is InChI=1S/C9H12N2O2S/c10-9(13)8-3-7(4-11-5-8)6-14-2-1-12/h3-5,12H,1-2,6H2,(H2,10,13). The van der Waals surface area contributed by atoms with E-state index >= 15 is 0 Å². The van der Waals surface area contributed by atoms with E-state index in [2.05, 4.69) is 4.98 Å². The summed E-state index contributed by atoms with van der Waals surface area (Å²) >= 11 is 1.58. The van der Waals surface area contributed by atoms with Gasteiger partial charge in [0.15, 0.2) is 0 Å². The van der Waals surface area contributed by atoms with Crippen molar-refractivity contribution in [1.82, 2.24) is 4.98 Å². The Labute approximate surface area is 86.5 Å². The number of aliphatic hydroxyl groups is 1. The van der Waals surface area contributed by atoms with Gasteiger partial charge >= 0.3 is 0 Å². The second-order valence-corrected chi connectivity index (χ2v) is 3.83. The molecule has 0 aliphatic rings. The molecule has 5 heteroatoms. The molecule has 1 amide bonds. The van der Waals surface area contributed by atoms with Crippen LogP contribution in [0, 0.1) is 0 Å². The number of carbonyl (C=O) groups excluding carboxylic acids is 1. The second kappa shape index (κ2) is 5.62. The molecule has 0 atom stereocenters. The number of hydrogen-bond acceptors (Lipinski definition) is 4. The summed E-state index contributed by atoms with van der Waals surface area (Å²) in [6.07, 6.45) is 3.14. The van der Waals surface area contributed by atoms with Gasteiger partial charge < -0.3 is 10.8 Å². The summed E-state index contributed by atoms with van der Waals surface area (Å²) in [4.78, 5) is 14.7. The number of nitrogens with two attached hydrogens (primary N) is 1. The molecule has 0 fully saturated rings. The van der Waals surface area contributed by atoms with Crippen LogP contribution in [0.3, 0.4) is 0 Å². The molecule has 4 nitrogen and oxygen atoms in total. The van der Waals surface area contributed by atoms with E-state index in [9.17, 15) is 4.79 Å². The number of nitrogens with zero attached hydrogens (tertiary/aromatic N) is 1. The number of carbonyl (C=O) groups is 1. The number of amides is 1. The molecule has 0 aliphatic heterocycles. The van der Waals surface area contributed by atoms with Gasteiger partial charge in [-0.05, 0) is 11.6 Å². The third-order valence-electron chi connectivity index (χ3n) is 1.58. The Morgan fingerprint density at radius 1 is 1.57 bits per heavy atom. The smallest absolute Gasteiger partial charge is 0.250 e. The first-order valence-corrected chi connectivity index (χ1v) is 5.32. The lowest BCUT2D eigenvalue weighted by molar-refractivity contribution is 0.1000. The topological polar surface area (TPSA) is 76.2 Å². The Bertz CT molecular complexity index is 317. The number of thioether (sulfide) groups is 1. The fourth-order valence-corrected chi connectivity index (χ4v) is 1.62. The fraction of sp³-hybridized carbons (Fsp3) is 0.333. The highest BCUT2D eigenvalue weighted by Crippen LogP contribution is 2.11. The molecule has 76 valence electrons. The van der Waals surface area contributed by atoms with E-state index in [1.807, 2.05) is 0 Å². The number of aromatic nitrogens is 1. The summed E-state index contributed by atoms with van der Waals surface area (Å²) in [6.45, 7) is 0.160. The summed E-state index contributed by atoms with van der Waals surface area (Å²) in [5.41, 5.74) is 6.48. The molecule has 0 saturated heterocycles. The molecular weight excluding hydrogens is 200 g/mol. The van der Waals surface area contributed by atoms with Gasteiger partial charge in [-0.1, -0.05) is 0 Å². The number of primary amides is 1. The third-order valence-corrected chi connectivity index (χ3v) is 2.59. The molecule has 0 saturated carbocycles.